The second-order valence-electron chi connectivity index (χ2n) is 1.37. The lowest BCUT2D eigenvalue weighted by Gasteiger charge is -1.87. The van der Waals surface area contributed by atoms with Gasteiger partial charge in [0.15, 0.2) is 11.7 Å². The maximum Gasteiger partial charge on any atom is 0.248 e. The topological polar surface area (TPSA) is 17.1 Å². The van der Waals surface area contributed by atoms with Gasteiger partial charge in [-0.3, -0.25) is 4.79 Å². The molecular weight excluding hydrogens is 126 g/mol. The number of halogens is 2. The highest BCUT2D eigenvalue weighted by Crippen LogP contribution is 2.05. The van der Waals surface area contributed by atoms with Crippen LogP contribution in [0, 0.1) is 0 Å². The van der Waals surface area contributed by atoms with E-state index in [-0.39, 0.29) is 0 Å². The zero-order valence-electron chi connectivity index (χ0n) is 4.95. The number of carbonyl (C=O) groups excluding carboxylic acids is 1. The summed E-state index contributed by atoms with van der Waals surface area (Å²) in [6, 6.07) is 0. The molecule has 3 heteroatoms. The molecule has 0 unspecified atom stereocenters. The number of hydrogen-bond donors (Lipinski definition) is 0. The van der Waals surface area contributed by atoms with Crippen molar-refractivity contribution in [3.8, 4) is 0 Å². The molecule has 0 amide bonds. The first-order chi connectivity index (χ1) is 4.09. The summed E-state index contributed by atoms with van der Waals surface area (Å²) < 4.78 is 23.7. The Bertz CT molecular complexity index is 170. The molecule has 0 aromatic heterocycles. The molecule has 0 saturated carbocycles. The Morgan fingerprint density at radius 1 is 1.56 bits per heavy atom. The van der Waals surface area contributed by atoms with Crippen LogP contribution in [-0.4, -0.2) is 5.78 Å². The average Bonchev–Trinajstić information content (AvgIpc) is 1.84. The Hall–Kier alpha value is -0.990. The molecular formula is C6H6F2O. The van der Waals surface area contributed by atoms with Crippen molar-refractivity contribution in [1.82, 2.24) is 0 Å². The van der Waals surface area contributed by atoms with Gasteiger partial charge in [0.1, 0.15) is 0 Å². The zero-order valence-corrected chi connectivity index (χ0v) is 4.95. The summed E-state index contributed by atoms with van der Waals surface area (Å²) in [7, 11) is 0. The number of allylic oxidation sites excluding steroid dienone is 3. The molecule has 0 aromatic carbocycles. The Morgan fingerprint density at radius 2 is 2.00 bits per heavy atom. The fourth-order valence-corrected chi connectivity index (χ4v) is 0.261. The van der Waals surface area contributed by atoms with Crippen LogP contribution < -0.4 is 0 Å². The van der Waals surface area contributed by atoms with Crippen molar-refractivity contribution in [2.75, 3.05) is 0 Å². The van der Waals surface area contributed by atoms with Crippen molar-refractivity contribution in [1.29, 1.82) is 0 Å². The minimum Gasteiger partial charge on any atom is -0.283 e. The van der Waals surface area contributed by atoms with E-state index in [0.717, 1.165) is 6.08 Å². The first-order valence-corrected chi connectivity index (χ1v) is 2.30. The molecule has 0 saturated heterocycles. The van der Waals surface area contributed by atoms with Gasteiger partial charge in [0.2, 0.25) is 5.78 Å². The van der Waals surface area contributed by atoms with Crippen molar-refractivity contribution in [3.63, 3.8) is 0 Å². The minimum absolute atomic E-state index is 0.882. The zero-order chi connectivity index (χ0) is 7.44. The minimum atomic E-state index is -1.28. The van der Waals surface area contributed by atoms with E-state index in [9.17, 15) is 13.6 Å². The molecule has 0 aliphatic rings. The standard InChI is InChI=1S/C6H6F2O/c1-3-5(8)6(9)4(2)7/h3H,2H2,1H3. The van der Waals surface area contributed by atoms with Crippen molar-refractivity contribution in [2.45, 2.75) is 6.92 Å². The van der Waals surface area contributed by atoms with Gasteiger partial charge in [-0.05, 0) is 13.0 Å². The van der Waals surface area contributed by atoms with Crippen molar-refractivity contribution in [3.05, 3.63) is 24.3 Å². The Kier molecular flexibility index (Phi) is 2.78. The van der Waals surface area contributed by atoms with Crippen LogP contribution in [0.2, 0.25) is 0 Å². The predicted octanol–water partition coefficient (Wildman–Crippen LogP) is 1.91. The second kappa shape index (κ2) is 3.12. The van der Waals surface area contributed by atoms with Crippen LogP contribution in [0.25, 0.3) is 0 Å². The largest absolute Gasteiger partial charge is 0.283 e. The average molecular weight is 132 g/mol. The summed E-state index contributed by atoms with van der Waals surface area (Å²) in [6.07, 6.45) is 0.882. The lowest BCUT2D eigenvalue weighted by molar-refractivity contribution is -0.114. The van der Waals surface area contributed by atoms with Crippen molar-refractivity contribution >= 4 is 5.78 Å². The highest BCUT2D eigenvalue weighted by atomic mass is 19.1. The van der Waals surface area contributed by atoms with Crippen LogP contribution in [0.15, 0.2) is 24.3 Å². The SMILES string of the molecule is C=C(F)C(=O)C(F)=CC. The third-order valence-electron chi connectivity index (χ3n) is 0.717. The van der Waals surface area contributed by atoms with E-state index in [1.165, 1.54) is 6.92 Å². The van der Waals surface area contributed by atoms with Crippen LogP contribution >= 0.6 is 0 Å². The number of Topliss-reactive ketones (excluding diaryl/α,β-unsaturated/α-hetero) is 1. The number of hydrogen-bond acceptors (Lipinski definition) is 1. The first-order valence-electron chi connectivity index (χ1n) is 2.30. The Morgan fingerprint density at radius 3 is 2.11 bits per heavy atom. The molecule has 0 radical (unpaired) electrons. The van der Waals surface area contributed by atoms with Crippen LogP contribution in [0.3, 0.4) is 0 Å². The van der Waals surface area contributed by atoms with Gasteiger partial charge in [-0.1, -0.05) is 6.58 Å². The van der Waals surface area contributed by atoms with E-state index in [1.807, 2.05) is 0 Å². The van der Waals surface area contributed by atoms with E-state index in [2.05, 4.69) is 6.58 Å². The molecule has 0 heterocycles. The quantitative estimate of drug-likeness (QED) is 0.524. The van der Waals surface area contributed by atoms with E-state index < -0.39 is 17.4 Å². The summed E-state index contributed by atoms with van der Waals surface area (Å²) in [5.41, 5.74) is 0. The first kappa shape index (κ1) is 8.01. The van der Waals surface area contributed by atoms with Gasteiger partial charge in [-0.25, -0.2) is 8.78 Å². The number of ketones is 1. The van der Waals surface area contributed by atoms with Gasteiger partial charge < -0.3 is 0 Å². The molecule has 0 rings (SSSR count). The molecule has 50 valence electrons. The van der Waals surface area contributed by atoms with E-state index in [0.29, 0.717) is 0 Å². The van der Waals surface area contributed by atoms with Gasteiger partial charge in [0, 0.05) is 0 Å². The van der Waals surface area contributed by atoms with E-state index in [1.54, 1.807) is 0 Å². The van der Waals surface area contributed by atoms with Gasteiger partial charge in [0.05, 0.1) is 0 Å². The summed E-state index contributed by atoms with van der Waals surface area (Å²) in [4.78, 5) is 10.2. The molecule has 0 aliphatic heterocycles. The lowest BCUT2D eigenvalue weighted by atomic mass is 10.3. The van der Waals surface area contributed by atoms with Crippen LogP contribution in [-0.2, 0) is 4.79 Å². The molecule has 0 bridgehead atoms. The van der Waals surface area contributed by atoms with Crippen LogP contribution in [0.1, 0.15) is 6.92 Å². The van der Waals surface area contributed by atoms with Crippen molar-refractivity contribution in [2.24, 2.45) is 0 Å². The maximum atomic E-state index is 12.0. The third-order valence-corrected chi connectivity index (χ3v) is 0.717. The van der Waals surface area contributed by atoms with Gasteiger partial charge in [-0.15, -0.1) is 0 Å². The van der Waals surface area contributed by atoms with E-state index in [4.69, 9.17) is 0 Å². The fourth-order valence-electron chi connectivity index (χ4n) is 0.261. The summed E-state index contributed by atoms with van der Waals surface area (Å²) in [5.74, 6) is -3.66. The molecule has 0 aromatic rings. The van der Waals surface area contributed by atoms with Crippen LogP contribution in [0.4, 0.5) is 8.78 Å². The Balaban J connectivity index is 4.23. The summed E-state index contributed by atoms with van der Waals surface area (Å²) in [6.45, 7) is 3.93. The Labute approximate surface area is 51.7 Å². The van der Waals surface area contributed by atoms with Crippen molar-refractivity contribution < 1.29 is 13.6 Å². The van der Waals surface area contributed by atoms with Crippen LogP contribution in [0.5, 0.6) is 0 Å². The third kappa shape index (κ3) is 2.17. The molecule has 9 heavy (non-hydrogen) atoms. The van der Waals surface area contributed by atoms with Gasteiger partial charge in [0.25, 0.3) is 0 Å². The molecule has 0 spiro atoms. The summed E-state index contributed by atoms with van der Waals surface area (Å²) in [5, 5.41) is 0. The highest BCUT2D eigenvalue weighted by Gasteiger charge is 2.10. The predicted molar refractivity (Wildman–Crippen MR) is 30.1 cm³/mol. The van der Waals surface area contributed by atoms with E-state index >= 15 is 0 Å². The lowest BCUT2D eigenvalue weighted by Crippen LogP contribution is -1.96. The highest BCUT2D eigenvalue weighted by molar-refractivity contribution is 6.04. The maximum absolute atomic E-state index is 12.0. The monoisotopic (exact) mass is 132 g/mol. The smallest absolute Gasteiger partial charge is 0.248 e. The fraction of sp³-hybridized carbons (Fsp3) is 0.167. The second-order valence-corrected chi connectivity index (χ2v) is 1.37. The number of carbonyl (C=O) groups is 1. The molecule has 0 aliphatic carbocycles. The number of rotatable bonds is 2. The molecule has 1 nitrogen and oxygen atoms in total. The van der Waals surface area contributed by atoms with Gasteiger partial charge >= 0.3 is 0 Å². The summed E-state index contributed by atoms with van der Waals surface area (Å²) >= 11 is 0. The molecule has 0 atom stereocenters. The normalized spacial score (nSPS) is 11.2. The molecule has 0 N–H and O–H groups in total. The van der Waals surface area contributed by atoms with Gasteiger partial charge in [-0.2, -0.15) is 0 Å². The molecule has 0 fully saturated rings.